The minimum Gasteiger partial charge on any atom is -0.478 e. The third kappa shape index (κ3) is 3.44. The van der Waals surface area contributed by atoms with Gasteiger partial charge in [0.15, 0.2) is 0 Å². The Kier molecular flexibility index (Phi) is 4.48. The summed E-state index contributed by atoms with van der Waals surface area (Å²) in [6.45, 7) is 8.76. The van der Waals surface area contributed by atoms with Gasteiger partial charge < -0.3 is 10.4 Å². The molecule has 102 valence electrons. The lowest BCUT2D eigenvalue weighted by Crippen LogP contribution is -2.17. The minimum atomic E-state index is -1.08. The van der Waals surface area contributed by atoms with Crippen molar-refractivity contribution < 1.29 is 14.7 Å². The lowest BCUT2D eigenvalue weighted by atomic mass is 10.0. The number of aryl methyl sites for hydroxylation is 3. The molecule has 1 amide bonds. The zero-order valence-electron chi connectivity index (χ0n) is 11.9. The average Bonchev–Trinajstić information content (AvgIpc) is 2.31. The summed E-state index contributed by atoms with van der Waals surface area (Å²) in [6, 6.07) is 3.96. The van der Waals surface area contributed by atoms with Crippen LogP contribution in [0.25, 0.3) is 0 Å². The van der Waals surface area contributed by atoms with Crippen molar-refractivity contribution in [2.24, 2.45) is 0 Å². The van der Waals surface area contributed by atoms with Gasteiger partial charge in [0.2, 0.25) is 0 Å². The maximum absolute atomic E-state index is 12.0. The second-order valence-electron chi connectivity index (χ2n) is 4.78. The molecule has 0 atom stereocenters. The van der Waals surface area contributed by atoms with E-state index in [9.17, 15) is 9.59 Å². The molecule has 0 fully saturated rings. The normalized spacial score (nSPS) is 11.8. The number of carboxylic acids is 1. The number of aliphatic carboxylic acids is 1. The van der Waals surface area contributed by atoms with E-state index in [1.54, 1.807) is 0 Å². The van der Waals surface area contributed by atoms with E-state index >= 15 is 0 Å². The van der Waals surface area contributed by atoms with Gasteiger partial charge in [-0.25, -0.2) is 4.79 Å². The molecule has 0 aromatic heterocycles. The van der Waals surface area contributed by atoms with Crippen molar-refractivity contribution in [3.8, 4) is 0 Å². The molecule has 1 rings (SSSR count). The van der Waals surface area contributed by atoms with E-state index < -0.39 is 5.97 Å². The van der Waals surface area contributed by atoms with Crippen LogP contribution in [0.3, 0.4) is 0 Å². The largest absolute Gasteiger partial charge is 0.478 e. The predicted octanol–water partition coefficient (Wildman–Crippen LogP) is 2.97. The molecular weight excluding hydrogens is 242 g/mol. The Morgan fingerprint density at radius 2 is 1.47 bits per heavy atom. The van der Waals surface area contributed by atoms with Crippen LogP contribution >= 0.6 is 0 Å². The van der Waals surface area contributed by atoms with Crippen molar-refractivity contribution in [3.05, 3.63) is 40.0 Å². The molecule has 0 aliphatic carbocycles. The highest BCUT2D eigenvalue weighted by Gasteiger charge is 2.14. The SMILES string of the molecule is CC(C(=O)O)=C(C)C(=O)Nc1c(C)cc(C)cc1C. The summed E-state index contributed by atoms with van der Waals surface area (Å²) in [6.07, 6.45) is 0. The van der Waals surface area contributed by atoms with Crippen LogP contribution in [0.1, 0.15) is 30.5 Å². The summed E-state index contributed by atoms with van der Waals surface area (Å²) in [5.41, 5.74) is 4.07. The summed E-state index contributed by atoms with van der Waals surface area (Å²) in [5, 5.41) is 11.7. The second-order valence-corrected chi connectivity index (χ2v) is 4.78. The van der Waals surface area contributed by atoms with Crippen molar-refractivity contribution in [2.75, 3.05) is 5.32 Å². The van der Waals surface area contributed by atoms with Crippen molar-refractivity contribution in [3.63, 3.8) is 0 Å². The van der Waals surface area contributed by atoms with E-state index in [-0.39, 0.29) is 17.1 Å². The van der Waals surface area contributed by atoms with E-state index in [0.717, 1.165) is 22.4 Å². The maximum atomic E-state index is 12.0. The molecule has 1 aromatic rings. The summed E-state index contributed by atoms with van der Waals surface area (Å²) in [7, 11) is 0. The summed E-state index contributed by atoms with van der Waals surface area (Å²) >= 11 is 0. The fourth-order valence-corrected chi connectivity index (χ4v) is 1.92. The number of carbonyl (C=O) groups is 2. The molecule has 0 heterocycles. The first kappa shape index (κ1) is 15.0. The monoisotopic (exact) mass is 261 g/mol. The Hall–Kier alpha value is -2.10. The quantitative estimate of drug-likeness (QED) is 0.822. The van der Waals surface area contributed by atoms with Crippen LogP contribution in [-0.2, 0) is 9.59 Å². The molecule has 0 saturated heterocycles. The fraction of sp³-hybridized carbons (Fsp3) is 0.333. The number of carboxylic acid groups (broad SMARTS) is 1. The van der Waals surface area contributed by atoms with Gasteiger partial charge in [0.25, 0.3) is 5.91 Å². The summed E-state index contributed by atoms with van der Waals surface area (Å²) in [4.78, 5) is 22.9. The highest BCUT2D eigenvalue weighted by molar-refractivity contribution is 6.08. The van der Waals surface area contributed by atoms with Crippen molar-refractivity contribution >= 4 is 17.6 Å². The van der Waals surface area contributed by atoms with Crippen LogP contribution < -0.4 is 5.32 Å². The van der Waals surface area contributed by atoms with Crippen molar-refractivity contribution in [2.45, 2.75) is 34.6 Å². The van der Waals surface area contributed by atoms with Gasteiger partial charge in [-0.05, 0) is 45.7 Å². The third-order valence-electron chi connectivity index (χ3n) is 3.14. The molecule has 0 bridgehead atoms. The van der Waals surface area contributed by atoms with Crippen LogP contribution in [-0.4, -0.2) is 17.0 Å². The number of hydrogen-bond donors (Lipinski definition) is 2. The van der Waals surface area contributed by atoms with Gasteiger partial charge in [-0.2, -0.15) is 0 Å². The fourth-order valence-electron chi connectivity index (χ4n) is 1.92. The molecule has 0 aliphatic heterocycles. The van der Waals surface area contributed by atoms with Crippen LogP contribution in [0.5, 0.6) is 0 Å². The molecule has 0 unspecified atom stereocenters. The maximum Gasteiger partial charge on any atom is 0.331 e. The topological polar surface area (TPSA) is 66.4 Å². The molecular formula is C15H19NO3. The highest BCUT2D eigenvalue weighted by Crippen LogP contribution is 2.22. The van der Waals surface area contributed by atoms with Gasteiger partial charge in [0.1, 0.15) is 0 Å². The average molecular weight is 261 g/mol. The molecule has 1 aromatic carbocycles. The van der Waals surface area contributed by atoms with Gasteiger partial charge in [-0.1, -0.05) is 17.7 Å². The molecule has 0 aliphatic rings. The molecule has 0 spiro atoms. The first-order chi connectivity index (χ1) is 8.73. The first-order valence-corrected chi connectivity index (χ1v) is 6.04. The van der Waals surface area contributed by atoms with Crippen molar-refractivity contribution in [1.82, 2.24) is 0 Å². The first-order valence-electron chi connectivity index (χ1n) is 6.04. The molecule has 2 N–H and O–H groups in total. The van der Waals surface area contributed by atoms with Crippen LogP contribution in [0.15, 0.2) is 23.3 Å². The van der Waals surface area contributed by atoms with Gasteiger partial charge >= 0.3 is 5.97 Å². The van der Waals surface area contributed by atoms with E-state index in [2.05, 4.69) is 5.32 Å². The zero-order chi connectivity index (χ0) is 14.7. The van der Waals surface area contributed by atoms with Crippen LogP contribution in [0.2, 0.25) is 0 Å². The van der Waals surface area contributed by atoms with E-state index in [1.807, 2.05) is 32.9 Å². The zero-order valence-corrected chi connectivity index (χ0v) is 11.9. The summed E-state index contributed by atoms with van der Waals surface area (Å²) < 4.78 is 0. The lowest BCUT2D eigenvalue weighted by Gasteiger charge is -2.13. The number of anilines is 1. The van der Waals surface area contributed by atoms with E-state index in [0.29, 0.717) is 0 Å². The third-order valence-corrected chi connectivity index (χ3v) is 3.14. The Morgan fingerprint density at radius 1 is 1.00 bits per heavy atom. The van der Waals surface area contributed by atoms with Gasteiger partial charge in [0, 0.05) is 16.8 Å². The second kappa shape index (κ2) is 5.69. The number of carbonyl (C=O) groups excluding carboxylic acids is 1. The van der Waals surface area contributed by atoms with Crippen molar-refractivity contribution in [1.29, 1.82) is 0 Å². The Balaban J connectivity index is 3.08. The number of benzene rings is 1. The molecule has 4 nitrogen and oxygen atoms in total. The highest BCUT2D eigenvalue weighted by atomic mass is 16.4. The molecule has 4 heteroatoms. The number of nitrogens with one attached hydrogen (secondary N) is 1. The number of rotatable bonds is 3. The summed E-state index contributed by atoms with van der Waals surface area (Å²) in [5.74, 6) is -1.46. The smallest absolute Gasteiger partial charge is 0.331 e. The van der Waals surface area contributed by atoms with Crippen LogP contribution in [0, 0.1) is 20.8 Å². The number of amides is 1. The molecule has 0 radical (unpaired) electrons. The minimum absolute atomic E-state index is 0.0555. The Labute approximate surface area is 113 Å². The van der Waals surface area contributed by atoms with Gasteiger partial charge in [-0.3, -0.25) is 4.79 Å². The molecule has 19 heavy (non-hydrogen) atoms. The van der Waals surface area contributed by atoms with Crippen LogP contribution in [0.4, 0.5) is 5.69 Å². The van der Waals surface area contributed by atoms with Gasteiger partial charge in [0.05, 0.1) is 0 Å². The van der Waals surface area contributed by atoms with Gasteiger partial charge in [-0.15, -0.1) is 0 Å². The van der Waals surface area contributed by atoms with E-state index in [1.165, 1.54) is 13.8 Å². The van der Waals surface area contributed by atoms with E-state index in [4.69, 9.17) is 5.11 Å². The Morgan fingerprint density at radius 3 is 1.89 bits per heavy atom. The number of hydrogen-bond acceptors (Lipinski definition) is 2. The predicted molar refractivity (Wildman–Crippen MR) is 75.3 cm³/mol. The standard InChI is InChI=1S/C15H19NO3/c1-8-6-9(2)13(10(3)7-8)16-14(17)11(4)12(5)15(18)19/h6-7H,1-5H3,(H,16,17)(H,18,19). The lowest BCUT2D eigenvalue weighted by molar-refractivity contribution is -0.133. The Bertz CT molecular complexity index is 548. The molecule has 0 saturated carbocycles.